The molecular formula is C14H22N2O. The van der Waals surface area contributed by atoms with Crippen LogP contribution in [0.3, 0.4) is 0 Å². The van der Waals surface area contributed by atoms with E-state index in [9.17, 15) is 4.79 Å². The van der Waals surface area contributed by atoms with Gasteiger partial charge in [-0.1, -0.05) is 12.1 Å². The van der Waals surface area contributed by atoms with Crippen LogP contribution in [-0.4, -0.2) is 17.5 Å². The van der Waals surface area contributed by atoms with E-state index in [1.165, 1.54) is 5.56 Å². The lowest BCUT2D eigenvalue weighted by Gasteiger charge is -2.24. The summed E-state index contributed by atoms with van der Waals surface area (Å²) >= 11 is 0. The number of carbonyl (C=O) groups excluding carboxylic acids is 1. The second-order valence-electron chi connectivity index (χ2n) is 5.47. The second kappa shape index (κ2) is 5.21. The van der Waals surface area contributed by atoms with Crippen LogP contribution >= 0.6 is 0 Å². The number of amides is 1. The van der Waals surface area contributed by atoms with Gasteiger partial charge in [-0.3, -0.25) is 4.79 Å². The molecule has 0 heterocycles. The SMILES string of the molecule is Cc1cccc(NC(C)C(=O)NC(C)(C)C)c1. The van der Waals surface area contributed by atoms with Gasteiger partial charge in [0.15, 0.2) is 0 Å². The minimum Gasteiger partial charge on any atom is -0.374 e. The highest BCUT2D eigenvalue weighted by Crippen LogP contribution is 2.11. The maximum absolute atomic E-state index is 11.9. The first-order valence-corrected chi connectivity index (χ1v) is 5.93. The maximum Gasteiger partial charge on any atom is 0.242 e. The molecular weight excluding hydrogens is 212 g/mol. The zero-order chi connectivity index (χ0) is 13.1. The molecule has 0 aliphatic heterocycles. The zero-order valence-electron chi connectivity index (χ0n) is 11.3. The molecule has 0 spiro atoms. The fourth-order valence-electron chi connectivity index (χ4n) is 1.53. The molecule has 0 aliphatic rings. The summed E-state index contributed by atoms with van der Waals surface area (Å²) in [6.45, 7) is 9.83. The van der Waals surface area contributed by atoms with Crippen molar-refractivity contribution in [3.63, 3.8) is 0 Å². The highest BCUT2D eigenvalue weighted by atomic mass is 16.2. The number of aryl methyl sites for hydroxylation is 1. The Kier molecular flexibility index (Phi) is 4.16. The molecule has 17 heavy (non-hydrogen) atoms. The monoisotopic (exact) mass is 234 g/mol. The predicted octanol–water partition coefficient (Wildman–Crippen LogP) is 2.71. The Bertz CT molecular complexity index is 393. The highest BCUT2D eigenvalue weighted by Gasteiger charge is 2.18. The van der Waals surface area contributed by atoms with Crippen LogP contribution in [0.2, 0.25) is 0 Å². The standard InChI is InChI=1S/C14H22N2O/c1-10-7-6-8-12(9-10)15-11(2)13(17)16-14(3,4)5/h6-9,11,15H,1-5H3,(H,16,17). The molecule has 3 heteroatoms. The second-order valence-corrected chi connectivity index (χ2v) is 5.47. The van der Waals surface area contributed by atoms with Crippen molar-refractivity contribution in [2.75, 3.05) is 5.32 Å². The van der Waals surface area contributed by atoms with Gasteiger partial charge < -0.3 is 10.6 Å². The van der Waals surface area contributed by atoms with E-state index in [1.54, 1.807) is 0 Å². The van der Waals surface area contributed by atoms with E-state index in [2.05, 4.69) is 10.6 Å². The Morgan fingerprint density at radius 3 is 2.47 bits per heavy atom. The topological polar surface area (TPSA) is 41.1 Å². The molecule has 1 atom stereocenters. The van der Waals surface area contributed by atoms with Crippen molar-refractivity contribution in [1.29, 1.82) is 0 Å². The molecule has 0 fully saturated rings. The number of benzene rings is 1. The lowest BCUT2D eigenvalue weighted by atomic mass is 10.1. The molecule has 0 aromatic heterocycles. The molecule has 0 aliphatic carbocycles. The first-order chi connectivity index (χ1) is 7.78. The zero-order valence-corrected chi connectivity index (χ0v) is 11.3. The van der Waals surface area contributed by atoms with E-state index >= 15 is 0 Å². The number of nitrogens with one attached hydrogen (secondary N) is 2. The fourth-order valence-corrected chi connectivity index (χ4v) is 1.53. The lowest BCUT2D eigenvalue weighted by Crippen LogP contribution is -2.47. The van der Waals surface area contributed by atoms with Crippen LogP contribution in [0.15, 0.2) is 24.3 Å². The summed E-state index contributed by atoms with van der Waals surface area (Å²) in [5, 5.41) is 6.15. The van der Waals surface area contributed by atoms with Crippen LogP contribution in [0.1, 0.15) is 33.3 Å². The van der Waals surface area contributed by atoms with Crippen LogP contribution in [0.25, 0.3) is 0 Å². The number of hydrogen-bond acceptors (Lipinski definition) is 2. The van der Waals surface area contributed by atoms with Gasteiger partial charge in [-0.2, -0.15) is 0 Å². The number of carbonyl (C=O) groups is 1. The Balaban J connectivity index is 2.60. The van der Waals surface area contributed by atoms with Gasteiger partial charge in [0.2, 0.25) is 5.91 Å². The minimum atomic E-state index is -0.240. The van der Waals surface area contributed by atoms with Crippen LogP contribution in [0.5, 0.6) is 0 Å². The summed E-state index contributed by atoms with van der Waals surface area (Å²) in [6.07, 6.45) is 0. The minimum absolute atomic E-state index is 0.0130. The summed E-state index contributed by atoms with van der Waals surface area (Å²) < 4.78 is 0. The van der Waals surface area contributed by atoms with E-state index in [0.29, 0.717) is 0 Å². The van der Waals surface area contributed by atoms with Crippen molar-refractivity contribution >= 4 is 11.6 Å². The molecule has 0 bridgehead atoms. The molecule has 2 N–H and O–H groups in total. The van der Waals surface area contributed by atoms with E-state index in [1.807, 2.05) is 58.9 Å². The van der Waals surface area contributed by atoms with Gasteiger partial charge in [0.05, 0.1) is 0 Å². The van der Waals surface area contributed by atoms with E-state index in [-0.39, 0.29) is 17.5 Å². The first-order valence-electron chi connectivity index (χ1n) is 5.93. The summed E-state index contributed by atoms with van der Waals surface area (Å²) in [6, 6.07) is 7.77. The van der Waals surface area contributed by atoms with Crippen molar-refractivity contribution in [3.8, 4) is 0 Å². The number of anilines is 1. The highest BCUT2D eigenvalue weighted by molar-refractivity contribution is 5.84. The molecule has 1 amide bonds. The summed E-state index contributed by atoms with van der Waals surface area (Å²) in [5.41, 5.74) is 1.96. The predicted molar refractivity (Wildman–Crippen MR) is 72.2 cm³/mol. The normalized spacial score (nSPS) is 13.0. The Labute approximate surface area is 104 Å². The lowest BCUT2D eigenvalue weighted by molar-refractivity contribution is -0.122. The van der Waals surface area contributed by atoms with Crippen molar-refractivity contribution in [2.24, 2.45) is 0 Å². The molecule has 94 valence electrons. The first kappa shape index (κ1) is 13.6. The third-order valence-corrected chi connectivity index (χ3v) is 2.29. The Morgan fingerprint density at radius 1 is 1.29 bits per heavy atom. The van der Waals surface area contributed by atoms with Gasteiger partial charge in [-0.15, -0.1) is 0 Å². The summed E-state index contributed by atoms with van der Waals surface area (Å²) in [4.78, 5) is 11.9. The molecule has 1 aromatic carbocycles. The van der Waals surface area contributed by atoms with Crippen molar-refractivity contribution in [2.45, 2.75) is 46.2 Å². The average molecular weight is 234 g/mol. The summed E-state index contributed by atoms with van der Waals surface area (Å²) in [5.74, 6) is 0.0130. The summed E-state index contributed by atoms with van der Waals surface area (Å²) in [7, 11) is 0. The van der Waals surface area contributed by atoms with Gasteiger partial charge in [-0.05, 0) is 52.3 Å². The van der Waals surface area contributed by atoms with Crippen LogP contribution in [0.4, 0.5) is 5.69 Å². The van der Waals surface area contributed by atoms with E-state index in [4.69, 9.17) is 0 Å². The molecule has 1 rings (SSSR count). The van der Waals surface area contributed by atoms with Gasteiger partial charge in [-0.25, -0.2) is 0 Å². The largest absolute Gasteiger partial charge is 0.374 e. The van der Waals surface area contributed by atoms with Crippen LogP contribution < -0.4 is 10.6 Å². The Hall–Kier alpha value is -1.51. The smallest absolute Gasteiger partial charge is 0.242 e. The molecule has 1 unspecified atom stereocenters. The molecule has 3 nitrogen and oxygen atoms in total. The third kappa shape index (κ3) is 4.89. The van der Waals surface area contributed by atoms with Gasteiger partial charge in [0.25, 0.3) is 0 Å². The van der Waals surface area contributed by atoms with Crippen molar-refractivity contribution < 1.29 is 4.79 Å². The molecule has 0 radical (unpaired) electrons. The third-order valence-electron chi connectivity index (χ3n) is 2.29. The van der Waals surface area contributed by atoms with Crippen LogP contribution in [0, 0.1) is 6.92 Å². The average Bonchev–Trinajstić information content (AvgIpc) is 2.14. The quantitative estimate of drug-likeness (QED) is 0.844. The van der Waals surface area contributed by atoms with Gasteiger partial charge >= 0.3 is 0 Å². The van der Waals surface area contributed by atoms with E-state index < -0.39 is 0 Å². The molecule has 0 saturated heterocycles. The van der Waals surface area contributed by atoms with Crippen molar-refractivity contribution in [1.82, 2.24) is 5.32 Å². The fraction of sp³-hybridized carbons (Fsp3) is 0.500. The van der Waals surface area contributed by atoms with Gasteiger partial charge in [0, 0.05) is 11.2 Å². The number of rotatable bonds is 3. The maximum atomic E-state index is 11.9. The molecule has 0 saturated carbocycles. The van der Waals surface area contributed by atoms with Crippen molar-refractivity contribution in [3.05, 3.63) is 29.8 Å². The molecule has 1 aromatic rings. The van der Waals surface area contributed by atoms with E-state index in [0.717, 1.165) is 5.69 Å². The number of hydrogen-bond donors (Lipinski definition) is 2. The Morgan fingerprint density at radius 2 is 1.94 bits per heavy atom. The van der Waals surface area contributed by atoms with Gasteiger partial charge in [0.1, 0.15) is 6.04 Å². The van der Waals surface area contributed by atoms with Crippen LogP contribution in [-0.2, 0) is 4.79 Å².